The fraction of sp³-hybridized carbons (Fsp3) is 0.375. The molecular weight excluding hydrogens is 162 g/mol. The third kappa shape index (κ3) is 7.13. The Hall–Kier alpha value is -0.760. The molecule has 0 saturated heterocycles. The van der Waals surface area contributed by atoms with E-state index < -0.39 is 0 Å². The van der Waals surface area contributed by atoms with E-state index in [1.165, 1.54) is 0 Å². The SMILES string of the molecule is C=C/C=C/N=C(/C)OC(C)Cl. The number of nitrogens with zero attached hydrogens (tertiary/aromatic N) is 1. The van der Waals surface area contributed by atoms with E-state index in [9.17, 15) is 0 Å². The van der Waals surface area contributed by atoms with Gasteiger partial charge in [0.2, 0.25) is 0 Å². The minimum absolute atomic E-state index is 0.337. The quantitative estimate of drug-likeness (QED) is 0.278. The second kappa shape index (κ2) is 5.98. The van der Waals surface area contributed by atoms with E-state index in [4.69, 9.17) is 16.3 Å². The zero-order chi connectivity index (χ0) is 8.69. The molecular formula is C8H12ClNO. The number of hydrogen-bond donors (Lipinski definition) is 0. The van der Waals surface area contributed by atoms with Crippen molar-refractivity contribution in [3.63, 3.8) is 0 Å². The van der Waals surface area contributed by atoms with E-state index >= 15 is 0 Å². The van der Waals surface area contributed by atoms with Gasteiger partial charge in [0.15, 0.2) is 11.5 Å². The number of aliphatic imine (C=N–C) groups is 1. The molecule has 0 aliphatic rings. The van der Waals surface area contributed by atoms with Crippen LogP contribution >= 0.6 is 11.6 Å². The summed E-state index contributed by atoms with van der Waals surface area (Å²) >= 11 is 5.54. The summed E-state index contributed by atoms with van der Waals surface area (Å²) in [7, 11) is 0. The first-order valence-corrected chi connectivity index (χ1v) is 3.73. The van der Waals surface area contributed by atoms with Crippen molar-refractivity contribution in [3.05, 3.63) is 24.9 Å². The summed E-state index contributed by atoms with van der Waals surface area (Å²) in [6.45, 7) is 6.97. The first-order chi connectivity index (χ1) is 5.16. The molecule has 1 unspecified atom stereocenters. The second-order valence-corrected chi connectivity index (χ2v) is 2.50. The van der Waals surface area contributed by atoms with Gasteiger partial charge in [-0.2, -0.15) is 0 Å². The Morgan fingerprint density at radius 1 is 1.73 bits per heavy atom. The lowest BCUT2D eigenvalue weighted by Crippen LogP contribution is -2.04. The van der Waals surface area contributed by atoms with Gasteiger partial charge in [-0.25, -0.2) is 4.99 Å². The van der Waals surface area contributed by atoms with Crippen LogP contribution in [0.3, 0.4) is 0 Å². The molecule has 0 aromatic carbocycles. The van der Waals surface area contributed by atoms with Crippen LogP contribution < -0.4 is 0 Å². The highest BCUT2D eigenvalue weighted by atomic mass is 35.5. The summed E-state index contributed by atoms with van der Waals surface area (Å²) in [5, 5.41) is 0. The number of rotatable bonds is 3. The molecule has 0 aromatic heterocycles. The lowest BCUT2D eigenvalue weighted by molar-refractivity contribution is 0.285. The molecule has 11 heavy (non-hydrogen) atoms. The van der Waals surface area contributed by atoms with E-state index in [0.717, 1.165) is 0 Å². The highest BCUT2D eigenvalue weighted by Gasteiger charge is 1.95. The number of ether oxygens (including phenoxy) is 1. The Kier molecular flexibility index (Phi) is 5.57. The van der Waals surface area contributed by atoms with Crippen molar-refractivity contribution in [3.8, 4) is 0 Å². The Morgan fingerprint density at radius 3 is 2.82 bits per heavy atom. The van der Waals surface area contributed by atoms with Crippen molar-refractivity contribution >= 4 is 17.5 Å². The summed E-state index contributed by atoms with van der Waals surface area (Å²) in [4.78, 5) is 3.91. The van der Waals surface area contributed by atoms with Crippen molar-refractivity contribution < 1.29 is 4.74 Å². The minimum Gasteiger partial charge on any atom is -0.462 e. The lowest BCUT2D eigenvalue weighted by Gasteiger charge is -2.04. The number of halogens is 1. The molecule has 0 aliphatic carbocycles. The fourth-order valence-electron chi connectivity index (χ4n) is 0.474. The fourth-order valence-corrected chi connectivity index (χ4v) is 0.603. The average molecular weight is 174 g/mol. The summed E-state index contributed by atoms with van der Waals surface area (Å²) in [5.74, 6) is 0.547. The lowest BCUT2D eigenvalue weighted by atomic mass is 10.6. The van der Waals surface area contributed by atoms with Crippen molar-refractivity contribution in [2.75, 3.05) is 0 Å². The molecule has 0 amide bonds. The van der Waals surface area contributed by atoms with Crippen LogP contribution in [0.5, 0.6) is 0 Å². The average Bonchev–Trinajstić information content (AvgIpc) is 1.86. The Balaban J connectivity index is 3.80. The number of hydrogen-bond acceptors (Lipinski definition) is 2. The maximum absolute atomic E-state index is 5.54. The minimum atomic E-state index is -0.337. The second-order valence-electron chi connectivity index (χ2n) is 1.89. The molecule has 0 aromatic rings. The van der Waals surface area contributed by atoms with Crippen molar-refractivity contribution in [2.24, 2.45) is 4.99 Å². The summed E-state index contributed by atoms with van der Waals surface area (Å²) in [5.41, 5.74) is -0.337. The smallest absolute Gasteiger partial charge is 0.186 e. The topological polar surface area (TPSA) is 21.6 Å². The van der Waals surface area contributed by atoms with Crippen molar-refractivity contribution in [1.82, 2.24) is 0 Å². The normalized spacial score (nSPS) is 15.0. The van der Waals surface area contributed by atoms with Gasteiger partial charge in [0.1, 0.15) is 0 Å². The van der Waals surface area contributed by atoms with Gasteiger partial charge in [0.25, 0.3) is 0 Å². The van der Waals surface area contributed by atoms with Crippen LogP contribution in [0.25, 0.3) is 0 Å². The van der Waals surface area contributed by atoms with Crippen molar-refractivity contribution in [1.29, 1.82) is 0 Å². The molecule has 0 spiro atoms. The maximum Gasteiger partial charge on any atom is 0.186 e. The van der Waals surface area contributed by atoms with E-state index in [0.29, 0.717) is 5.90 Å². The van der Waals surface area contributed by atoms with E-state index in [-0.39, 0.29) is 5.56 Å². The molecule has 0 heterocycles. The molecule has 0 fully saturated rings. The van der Waals surface area contributed by atoms with Crippen LogP contribution in [0.4, 0.5) is 0 Å². The van der Waals surface area contributed by atoms with Crippen LogP contribution in [-0.4, -0.2) is 11.5 Å². The van der Waals surface area contributed by atoms with Crippen LogP contribution in [0, 0.1) is 0 Å². The molecule has 0 aliphatic heterocycles. The summed E-state index contributed by atoms with van der Waals surface area (Å²) in [6, 6.07) is 0. The summed E-state index contributed by atoms with van der Waals surface area (Å²) in [6.07, 6.45) is 4.95. The van der Waals surface area contributed by atoms with E-state index in [1.807, 2.05) is 0 Å². The van der Waals surface area contributed by atoms with Gasteiger partial charge in [-0.3, -0.25) is 0 Å². The molecule has 1 atom stereocenters. The molecule has 2 nitrogen and oxygen atoms in total. The molecule has 0 N–H and O–H groups in total. The standard InChI is InChI=1S/C8H12ClNO/c1-4-5-6-10-8(3)11-7(2)9/h4-7H,1H2,2-3H3/b6-5+,10-8-. The highest BCUT2D eigenvalue weighted by molar-refractivity contribution is 6.20. The Bertz CT molecular complexity index is 173. The third-order valence-electron chi connectivity index (χ3n) is 0.811. The molecule has 0 radical (unpaired) electrons. The summed E-state index contributed by atoms with van der Waals surface area (Å²) < 4.78 is 5.03. The molecule has 0 saturated carbocycles. The largest absolute Gasteiger partial charge is 0.462 e. The van der Waals surface area contributed by atoms with Gasteiger partial charge < -0.3 is 4.74 Å². The zero-order valence-corrected chi connectivity index (χ0v) is 7.51. The van der Waals surface area contributed by atoms with Crippen LogP contribution in [0.15, 0.2) is 29.9 Å². The van der Waals surface area contributed by atoms with Crippen LogP contribution in [0.2, 0.25) is 0 Å². The van der Waals surface area contributed by atoms with Gasteiger partial charge in [0.05, 0.1) is 0 Å². The van der Waals surface area contributed by atoms with Gasteiger partial charge in [-0.05, 0) is 13.0 Å². The zero-order valence-electron chi connectivity index (χ0n) is 6.75. The number of alkyl halides is 1. The van der Waals surface area contributed by atoms with E-state index in [1.54, 1.807) is 32.2 Å². The van der Waals surface area contributed by atoms with Crippen LogP contribution in [-0.2, 0) is 4.74 Å². The maximum atomic E-state index is 5.54. The Labute approximate surface area is 72.2 Å². The predicted octanol–water partition coefficient (Wildman–Crippen LogP) is 2.71. The van der Waals surface area contributed by atoms with Gasteiger partial charge in [-0.15, -0.1) is 0 Å². The highest BCUT2D eigenvalue weighted by Crippen LogP contribution is 1.97. The Morgan fingerprint density at radius 2 is 2.36 bits per heavy atom. The van der Waals surface area contributed by atoms with Crippen molar-refractivity contribution in [2.45, 2.75) is 19.4 Å². The van der Waals surface area contributed by atoms with E-state index in [2.05, 4.69) is 11.6 Å². The van der Waals surface area contributed by atoms with Gasteiger partial charge in [0, 0.05) is 13.1 Å². The predicted molar refractivity (Wildman–Crippen MR) is 48.8 cm³/mol. The first kappa shape index (κ1) is 10.2. The third-order valence-corrected chi connectivity index (χ3v) is 0.901. The molecule has 0 bridgehead atoms. The monoisotopic (exact) mass is 173 g/mol. The molecule has 62 valence electrons. The number of allylic oxidation sites excluding steroid dienone is 2. The first-order valence-electron chi connectivity index (χ1n) is 3.29. The molecule has 0 rings (SSSR count). The van der Waals surface area contributed by atoms with Gasteiger partial charge in [-0.1, -0.05) is 24.3 Å². The van der Waals surface area contributed by atoms with Gasteiger partial charge >= 0.3 is 0 Å². The van der Waals surface area contributed by atoms with Crippen LogP contribution in [0.1, 0.15) is 13.8 Å². The molecule has 3 heteroatoms.